The Morgan fingerprint density at radius 2 is 2.07 bits per heavy atom. The maximum atomic E-state index is 12.8. The van der Waals surface area contributed by atoms with Crippen LogP contribution in [0.2, 0.25) is 0 Å². The molecule has 0 heterocycles. The number of benzene rings is 1. The molecule has 0 spiro atoms. The van der Waals surface area contributed by atoms with Crippen LogP contribution in [-0.4, -0.2) is 31.2 Å². The third kappa shape index (κ3) is 3.73. The lowest BCUT2D eigenvalue weighted by molar-refractivity contribution is 0.220. The molecule has 1 rings (SSSR count). The predicted octanol–water partition coefficient (Wildman–Crippen LogP) is 2.13. The molecule has 0 radical (unpaired) electrons. The van der Waals surface area contributed by atoms with Crippen molar-refractivity contribution in [1.82, 2.24) is 4.90 Å². The normalized spacial score (nSPS) is 12.4. The Bertz CT molecular complexity index is 315. The van der Waals surface area contributed by atoms with Gasteiger partial charge in [0.2, 0.25) is 0 Å². The van der Waals surface area contributed by atoms with Gasteiger partial charge in [0.1, 0.15) is 6.67 Å². The van der Waals surface area contributed by atoms with Crippen molar-refractivity contribution in [1.29, 1.82) is 0 Å². The van der Waals surface area contributed by atoms with Crippen molar-refractivity contribution < 1.29 is 4.39 Å². The number of terminal acetylenes is 1. The maximum absolute atomic E-state index is 12.8. The molecule has 15 heavy (non-hydrogen) atoms. The smallest absolute Gasteiger partial charge is 0.105 e. The number of rotatable bonds is 5. The minimum Gasteiger partial charge on any atom is -0.289 e. The first-order chi connectivity index (χ1) is 7.27. The first kappa shape index (κ1) is 11.7. The topological polar surface area (TPSA) is 3.24 Å². The zero-order chi connectivity index (χ0) is 11.1. The van der Waals surface area contributed by atoms with E-state index in [0.29, 0.717) is 13.0 Å². The third-order valence-electron chi connectivity index (χ3n) is 2.46. The van der Waals surface area contributed by atoms with Crippen LogP contribution in [-0.2, 0) is 6.42 Å². The lowest BCUT2D eigenvalue weighted by Gasteiger charge is -2.23. The first-order valence-electron chi connectivity index (χ1n) is 5.01. The van der Waals surface area contributed by atoms with Gasteiger partial charge in [-0.15, -0.1) is 6.42 Å². The van der Waals surface area contributed by atoms with Crippen molar-refractivity contribution in [2.24, 2.45) is 0 Å². The van der Waals surface area contributed by atoms with Crippen molar-refractivity contribution in [2.45, 2.75) is 12.5 Å². The van der Waals surface area contributed by atoms with Crippen molar-refractivity contribution in [3.63, 3.8) is 0 Å². The molecule has 0 aliphatic carbocycles. The fourth-order valence-electron chi connectivity index (χ4n) is 1.49. The summed E-state index contributed by atoms with van der Waals surface area (Å²) in [5.41, 5.74) is 1.14. The van der Waals surface area contributed by atoms with Crippen molar-refractivity contribution in [3.05, 3.63) is 35.9 Å². The van der Waals surface area contributed by atoms with Gasteiger partial charge in [0.25, 0.3) is 0 Å². The molecule has 0 aliphatic heterocycles. The van der Waals surface area contributed by atoms with E-state index in [1.807, 2.05) is 42.3 Å². The molecule has 1 atom stereocenters. The van der Waals surface area contributed by atoms with Gasteiger partial charge < -0.3 is 0 Å². The second kappa shape index (κ2) is 6.21. The van der Waals surface area contributed by atoms with Crippen molar-refractivity contribution in [2.75, 3.05) is 20.3 Å². The van der Waals surface area contributed by atoms with E-state index in [2.05, 4.69) is 5.92 Å². The molecule has 0 aromatic heterocycles. The molecule has 0 bridgehead atoms. The summed E-state index contributed by atoms with van der Waals surface area (Å²) in [6.45, 7) is 0.120. The summed E-state index contributed by atoms with van der Waals surface area (Å²) in [7, 11) is 1.85. The van der Waals surface area contributed by atoms with E-state index in [-0.39, 0.29) is 12.7 Å². The summed E-state index contributed by atoms with van der Waals surface area (Å²) in [6, 6.07) is 9.78. The molecule has 0 N–H and O–H groups in total. The highest BCUT2D eigenvalue weighted by atomic mass is 18.2. The number of hydrogen-bond donors (Lipinski definition) is 0. The molecule has 80 valence electrons. The van der Waals surface area contributed by atoms with E-state index >= 15 is 0 Å². The van der Waals surface area contributed by atoms with E-state index < -0.39 is 0 Å². The monoisotopic (exact) mass is 204 g/mol. The molecule has 1 nitrogen and oxygen atoms in total. The Hall–Kier alpha value is -1.33. The third-order valence-corrected chi connectivity index (χ3v) is 2.46. The van der Waals surface area contributed by atoms with Crippen molar-refractivity contribution in [3.8, 4) is 12.3 Å². The van der Waals surface area contributed by atoms with Crippen molar-refractivity contribution >= 4 is 0 Å². The van der Waals surface area contributed by atoms with Gasteiger partial charge in [-0.3, -0.25) is 4.90 Å². The molecule has 0 fully saturated rings. The fraction of sp³-hybridized carbons (Fsp3) is 0.385. The average Bonchev–Trinajstić information content (AvgIpc) is 2.27. The molecular formula is C13H16FN. The zero-order valence-electron chi connectivity index (χ0n) is 8.99. The Labute approximate surface area is 90.9 Å². The summed E-state index contributed by atoms with van der Waals surface area (Å²) >= 11 is 0. The lowest BCUT2D eigenvalue weighted by Crippen LogP contribution is -2.35. The van der Waals surface area contributed by atoms with Gasteiger partial charge in [-0.25, -0.2) is 4.39 Å². The second-order valence-electron chi connectivity index (χ2n) is 3.62. The number of halogens is 1. The van der Waals surface area contributed by atoms with Gasteiger partial charge in [0.15, 0.2) is 0 Å². The molecule has 0 aliphatic rings. The van der Waals surface area contributed by atoms with Crippen LogP contribution >= 0.6 is 0 Å². The van der Waals surface area contributed by atoms with Crippen LogP contribution in [0.25, 0.3) is 0 Å². The second-order valence-corrected chi connectivity index (χ2v) is 3.62. The minimum atomic E-state index is -0.368. The van der Waals surface area contributed by atoms with Crippen LogP contribution in [0.5, 0.6) is 0 Å². The highest BCUT2D eigenvalue weighted by molar-refractivity contribution is 5.16. The number of hydrogen-bond acceptors (Lipinski definition) is 1. The lowest BCUT2D eigenvalue weighted by atomic mass is 10.1. The molecule has 0 saturated heterocycles. The number of likely N-dealkylation sites (N-methyl/N-ethyl adjacent to an activating group) is 1. The molecule has 0 saturated carbocycles. The zero-order valence-corrected chi connectivity index (χ0v) is 8.99. The van der Waals surface area contributed by atoms with Gasteiger partial charge in [0, 0.05) is 6.04 Å². The van der Waals surface area contributed by atoms with E-state index in [1.165, 1.54) is 0 Å². The minimum absolute atomic E-state index is 0.122. The molecular weight excluding hydrogens is 188 g/mol. The van der Waals surface area contributed by atoms with E-state index in [9.17, 15) is 4.39 Å². The highest BCUT2D eigenvalue weighted by Gasteiger charge is 2.13. The fourth-order valence-corrected chi connectivity index (χ4v) is 1.49. The molecule has 2 heteroatoms. The Morgan fingerprint density at radius 1 is 1.40 bits per heavy atom. The maximum Gasteiger partial charge on any atom is 0.105 e. The van der Waals surface area contributed by atoms with E-state index in [0.717, 1.165) is 5.56 Å². The predicted molar refractivity (Wildman–Crippen MR) is 61.4 cm³/mol. The van der Waals surface area contributed by atoms with Crippen LogP contribution in [0, 0.1) is 12.3 Å². The van der Waals surface area contributed by atoms with E-state index in [4.69, 9.17) is 6.42 Å². The highest BCUT2D eigenvalue weighted by Crippen LogP contribution is 2.08. The summed E-state index contributed by atoms with van der Waals surface area (Å²) in [6.07, 6.45) is 5.91. The van der Waals surface area contributed by atoms with Crippen LogP contribution in [0.15, 0.2) is 30.3 Å². The Morgan fingerprint density at radius 3 is 2.60 bits per heavy atom. The molecule has 1 aromatic rings. The van der Waals surface area contributed by atoms with Gasteiger partial charge in [-0.05, 0) is 19.0 Å². The summed E-state index contributed by atoms with van der Waals surface area (Å²) < 4.78 is 12.8. The SMILES string of the molecule is C#CCN(C)C(C[18F])Cc1ccccc1. The van der Waals surface area contributed by atoms with Crippen LogP contribution in [0.1, 0.15) is 5.56 Å². The number of alkyl halides is 1. The van der Waals surface area contributed by atoms with Crippen LogP contribution < -0.4 is 0 Å². The molecule has 1 unspecified atom stereocenters. The first-order valence-corrected chi connectivity index (χ1v) is 5.01. The Balaban J connectivity index is 2.58. The van der Waals surface area contributed by atoms with Gasteiger partial charge in [-0.2, -0.15) is 0 Å². The molecule has 1 aromatic carbocycles. The average molecular weight is 204 g/mol. The quantitative estimate of drug-likeness (QED) is 0.664. The van der Waals surface area contributed by atoms with Crippen LogP contribution in [0.4, 0.5) is 4.39 Å². The number of nitrogens with zero attached hydrogens (tertiary/aromatic N) is 1. The van der Waals surface area contributed by atoms with Gasteiger partial charge in [-0.1, -0.05) is 36.3 Å². The van der Waals surface area contributed by atoms with Gasteiger partial charge >= 0.3 is 0 Å². The van der Waals surface area contributed by atoms with Gasteiger partial charge in [0.05, 0.1) is 6.54 Å². The van der Waals surface area contributed by atoms with E-state index in [1.54, 1.807) is 0 Å². The standard InChI is InChI=1S/C13H16FN/c1-3-9-15(2)13(11-14)10-12-7-5-4-6-8-12/h1,4-8,13H,9-11H2,2H3/i14-1. The molecule has 0 amide bonds. The largest absolute Gasteiger partial charge is 0.289 e. The summed E-state index contributed by atoms with van der Waals surface area (Å²) in [5, 5.41) is 0. The Kier molecular flexibility index (Phi) is 4.86. The summed E-state index contributed by atoms with van der Waals surface area (Å²) in [5.74, 6) is 2.53. The summed E-state index contributed by atoms with van der Waals surface area (Å²) in [4.78, 5) is 1.87. The van der Waals surface area contributed by atoms with Crippen LogP contribution in [0.3, 0.4) is 0 Å².